The molecule has 11 heteroatoms. The van der Waals surface area contributed by atoms with Crippen molar-refractivity contribution in [1.29, 1.82) is 0 Å². The lowest BCUT2D eigenvalue weighted by Gasteiger charge is -2.11. The Kier molecular flexibility index (Phi) is 7.27. The molecule has 0 radical (unpaired) electrons. The van der Waals surface area contributed by atoms with Crippen LogP contribution in [0.4, 0.5) is 20.2 Å². The molecule has 4 nitrogen and oxygen atoms in total. The lowest BCUT2D eigenvalue weighted by Crippen LogP contribution is -2.18. The van der Waals surface area contributed by atoms with Crippen LogP contribution in [0.25, 0.3) is 0 Å². The Labute approximate surface area is 225 Å². The fourth-order valence-electron chi connectivity index (χ4n) is 3.60. The molecule has 0 aliphatic heterocycles. The van der Waals surface area contributed by atoms with Crippen LogP contribution in [0.1, 0.15) is 21.8 Å². The fraction of sp³-hybridized carbons (Fsp3) is 0.130. The highest BCUT2D eigenvalue weighted by Gasteiger charge is 2.66. The Balaban J connectivity index is 1.52. The number of carbonyl (C=O) groups excluding carboxylic acids is 2. The molecule has 2 N–H and O–H groups in total. The Morgan fingerprint density at radius 1 is 0.882 bits per heavy atom. The highest BCUT2D eigenvalue weighted by Crippen LogP contribution is 2.67. The van der Waals surface area contributed by atoms with Gasteiger partial charge in [-0.15, -0.1) is 0 Å². The summed E-state index contributed by atoms with van der Waals surface area (Å²) in [6, 6.07) is 12.2. The summed E-state index contributed by atoms with van der Waals surface area (Å²) in [5, 5.41) is 6.11. The first-order valence-electron chi connectivity index (χ1n) is 9.68. The van der Waals surface area contributed by atoms with Gasteiger partial charge in [0.25, 0.3) is 5.91 Å². The lowest BCUT2D eigenvalue weighted by atomic mass is 10.1. The van der Waals surface area contributed by atoms with Crippen molar-refractivity contribution in [3.63, 3.8) is 0 Å². The van der Waals surface area contributed by atoms with Gasteiger partial charge in [-0.2, -0.15) is 0 Å². The first-order chi connectivity index (χ1) is 16.0. The van der Waals surface area contributed by atoms with Crippen LogP contribution in [0.3, 0.4) is 0 Å². The second-order valence-corrected chi connectivity index (χ2v) is 12.6. The van der Waals surface area contributed by atoms with Gasteiger partial charge in [0.2, 0.25) is 5.91 Å². The van der Waals surface area contributed by atoms with Gasteiger partial charge in [0.1, 0.15) is 14.9 Å². The van der Waals surface area contributed by atoms with Crippen molar-refractivity contribution in [3.05, 3.63) is 92.4 Å². The third kappa shape index (κ3) is 5.26. The van der Waals surface area contributed by atoms with Gasteiger partial charge < -0.3 is 10.6 Å². The minimum atomic E-state index is -0.930. The maximum atomic E-state index is 13.9. The first-order valence-corrected chi connectivity index (χ1v) is 12.4. The second-order valence-electron chi connectivity index (χ2n) is 7.59. The van der Waals surface area contributed by atoms with Gasteiger partial charge in [-0.25, -0.2) is 8.78 Å². The van der Waals surface area contributed by atoms with E-state index in [1.807, 2.05) is 0 Å². The largest absolute Gasteiger partial charge is 0.326 e. The predicted molar refractivity (Wildman–Crippen MR) is 138 cm³/mol. The van der Waals surface area contributed by atoms with Crippen LogP contribution in [-0.2, 0) is 4.79 Å². The van der Waals surface area contributed by atoms with Gasteiger partial charge in [-0.3, -0.25) is 9.59 Å². The standard InChI is InChI=1S/C23H13Br2Cl3F2N2O2/c24-23(25)19(10-5-11(26)7-12(27)6-10)20(23)22(34)31-14-2-3-16(28)15(9-14)21(33)32-18-4-1-13(29)8-17(18)30/h1-9,19-20H,(H,31,34)(H,32,33). The average Bonchev–Trinajstić information content (AvgIpc) is 3.33. The number of anilines is 2. The van der Waals surface area contributed by atoms with Gasteiger partial charge in [0.05, 0.1) is 22.2 Å². The molecule has 1 aliphatic carbocycles. The van der Waals surface area contributed by atoms with Crippen LogP contribution in [0.5, 0.6) is 0 Å². The minimum absolute atomic E-state index is 0.00103. The van der Waals surface area contributed by atoms with Crippen LogP contribution in [0.2, 0.25) is 15.1 Å². The van der Waals surface area contributed by atoms with E-state index < -0.39 is 26.7 Å². The van der Waals surface area contributed by atoms with Crippen molar-refractivity contribution in [2.24, 2.45) is 5.92 Å². The van der Waals surface area contributed by atoms with E-state index >= 15 is 0 Å². The fourth-order valence-corrected chi connectivity index (χ4v) is 6.08. The van der Waals surface area contributed by atoms with Gasteiger partial charge >= 0.3 is 0 Å². The third-order valence-corrected chi connectivity index (χ3v) is 7.98. The predicted octanol–water partition coefficient (Wildman–Crippen LogP) is 8.02. The molecule has 1 saturated carbocycles. The average molecular weight is 654 g/mol. The molecular formula is C23H13Br2Cl3F2N2O2. The van der Waals surface area contributed by atoms with E-state index in [1.54, 1.807) is 18.2 Å². The molecule has 0 spiro atoms. The number of benzene rings is 3. The molecular weight excluding hydrogens is 640 g/mol. The minimum Gasteiger partial charge on any atom is -0.326 e. The van der Waals surface area contributed by atoms with Crippen LogP contribution in [0.15, 0.2) is 54.6 Å². The van der Waals surface area contributed by atoms with Crippen molar-refractivity contribution < 1.29 is 18.4 Å². The summed E-state index contributed by atoms with van der Waals surface area (Å²) in [6.45, 7) is 0. The molecule has 2 atom stereocenters. The van der Waals surface area contributed by atoms with Crippen LogP contribution < -0.4 is 10.6 Å². The number of rotatable bonds is 5. The smallest absolute Gasteiger partial charge is 0.257 e. The zero-order valence-corrected chi connectivity index (χ0v) is 22.3. The Bertz CT molecular complexity index is 1300. The zero-order valence-electron chi connectivity index (χ0n) is 16.8. The molecule has 1 fully saturated rings. The maximum absolute atomic E-state index is 13.9. The number of hydrogen-bond donors (Lipinski definition) is 2. The molecule has 2 amide bonds. The molecule has 0 bridgehead atoms. The van der Waals surface area contributed by atoms with E-state index in [9.17, 15) is 18.4 Å². The summed E-state index contributed by atoms with van der Waals surface area (Å²) < 4.78 is 26.3. The number of nitrogens with one attached hydrogen (secondary N) is 2. The summed E-state index contributed by atoms with van der Waals surface area (Å²) in [4.78, 5) is 25.7. The molecule has 4 rings (SSSR count). The Morgan fingerprint density at radius 2 is 1.56 bits per heavy atom. The van der Waals surface area contributed by atoms with Gasteiger partial charge in [-0.05, 0) is 54.1 Å². The van der Waals surface area contributed by atoms with Crippen LogP contribution >= 0.6 is 66.7 Å². The zero-order chi connectivity index (χ0) is 24.8. The van der Waals surface area contributed by atoms with Crippen molar-refractivity contribution in [3.8, 4) is 0 Å². The molecule has 0 saturated heterocycles. The number of hydrogen-bond acceptors (Lipinski definition) is 2. The van der Waals surface area contributed by atoms with Crippen molar-refractivity contribution >= 4 is 89.9 Å². The number of halogens is 7. The number of alkyl halides is 2. The van der Waals surface area contributed by atoms with Crippen molar-refractivity contribution in [1.82, 2.24) is 0 Å². The Morgan fingerprint density at radius 3 is 2.21 bits per heavy atom. The number of carbonyl (C=O) groups is 2. The molecule has 34 heavy (non-hydrogen) atoms. The van der Waals surface area contributed by atoms with E-state index in [1.165, 1.54) is 18.2 Å². The molecule has 1 aliphatic rings. The molecule has 3 aromatic rings. The van der Waals surface area contributed by atoms with Gasteiger partial charge in [0.15, 0.2) is 0 Å². The van der Waals surface area contributed by atoms with E-state index in [2.05, 4.69) is 42.5 Å². The summed E-state index contributed by atoms with van der Waals surface area (Å²) in [6.07, 6.45) is 0. The van der Waals surface area contributed by atoms with Crippen molar-refractivity contribution in [2.45, 2.75) is 9.15 Å². The molecule has 176 valence electrons. The van der Waals surface area contributed by atoms with Gasteiger partial charge in [0, 0.05) is 27.7 Å². The molecule has 3 aromatic carbocycles. The highest BCUT2D eigenvalue weighted by atomic mass is 79.9. The quantitative estimate of drug-likeness (QED) is 0.274. The maximum Gasteiger partial charge on any atom is 0.257 e. The monoisotopic (exact) mass is 650 g/mol. The van der Waals surface area contributed by atoms with Crippen LogP contribution in [0, 0.1) is 17.6 Å². The summed E-state index contributed by atoms with van der Waals surface area (Å²) in [7, 11) is 0. The van der Waals surface area contributed by atoms with Crippen LogP contribution in [-0.4, -0.2) is 15.0 Å². The number of amides is 2. The van der Waals surface area contributed by atoms with Crippen molar-refractivity contribution in [2.75, 3.05) is 10.6 Å². The van der Waals surface area contributed by atoms with Gasteiger partial charge in [-0.1, -0.05) is 66.7 Å². The third-order valence-electron chi connectivity index (χ3n) is 5.24. The summed E-state index contributed by atoms with van der Waals surface area (Å²) in [5.41, 5.74) is 0.885. The van der Waals surface area contributed by atoms with E-state index in [-0.39, 0.29) is 28.1 Å². The SMILES string of the molecule is O=C(Nc1ccc(F)cc1F)c1cc(NC(=O)C2C(c3cc(Cl)cc(Cl)c3)C2(Br)Br)ccc1Cl. The summed E-state index contributed by atoms with van der Waals surface area (Å²) >= 11 is 25.4. The van der Waals surface area contributed by atoms with E-state index in [0.717, 1.165) is 17.7 Å². The van der Waals surface area contributed by atoms with E-state index in [4.69, 9.17) is 34.8 Å². The highest BCUT2D eigenvalue weighted by molar-refractivity contribution is 9.25. The normalized spacial score (nSPS) is 18.3. The topological polar surface area (TPSA) is 58.2 Å². The molecule has 0 heterocycles. The first kappa shape index (κ1) is 25.4. The molecule has 2 unspecified atom stereocenters. The van der Waals surface area contributed by atoms with E-state index in [0.29, 0.717) is 21.8 Å². The molecule has 0 aromatic heterocycles. The summed E-state index contributed by atoms with van der Waals surface area (Å²) in [5.74, 6) is -3.51. The lowest BCUT2D eigenvalue weighted by molar-refractivity contribution is -0.117. The second kappa shape index (κ2) is 9.74. The Hall–Kier alpha value is -1.71.